The number of benzene rings is 2. The molecule has 0 bridgehead atoms. The molecule has 0 saturated heterocycles. The van der Waals surface area contributed by atoms with Crippen LogP contribution in [-0.4, -0.2) is 45.0 Å². The molecule has 0 aliphatic heterocycles. The quantitative estimate of drug-likeness (QED) is 0.650. The topological polar surface area (TPSA) is 38.8 Å². The van der Waals surface area contributed by atoms with Crippen molar-refractivity contribution in [1.82, 2.24) is 4.90 Å². The molecule has 4 nitrogen and oxygen atoms in total. The average Bonchev–Trinajstić information content (AvgIpc) is 2.64. The van der Waals surface area contributed by atoms with Gasteiger partial charge in [-0.15, -0.1) is 0 Å². The minimum atomic E-state index is -0.151. The Bertz CT molecular complexity index is 683. The highest BCUT2D eigenvalue weighted by Crippen LogP contribution is 2.28. The highest BCUT2D eigenvalue weighted by molar-refractivity contribution is 6.00. The highest BCUT2D eigenvalue weighted by Gasteiger charge is 2.23. The van der Waals surface area contributed by atoms with Crippen LogP contribution in [-0.2, 0) is 6.42 Å². The lowest BCUT2D eigenvalue weighted by atomic mass is 9.97. The molecule has 1 unspecified atom stereocenters. The molecule has 1 atom stereocenters. The van der Waals surface area contributed by atoms with Gasteiger partial charge in [0.2, 0.25) is 0 Å². The van der Waals surface area contributed by atoms with Crippen molar-refractivity contribution in [1.29, 1.82) is 0 Å². The predicted octanol–water partition coefficient (Wildman–Crippen LogP) is 3.84. The van der Waals surface area contributed by atoms with Crippen LogP contribution < -0.4 is 9.47 Å². The van der Waals surface area contributed by atoms with Gasteiger partial charge >= 0.3 is 0 Å². The smallest absolute Gasteiger partial charge is 0.180 e. The summed E-state index contributed by atoms with van der Waals surface area (Å²) in [5, 5.41) is 0. The maximum Gasteiger partial charge on any atom is 0.180 e. The zero-order valence-corrected chi connectivity index (χ0v) is 15.5. The summed E-state index contributed by atoms with van der Waals surface area (Å²) in [6.07, 6.45) is 2.76. The van der Waals surface area contributed by atoms with Crippen LogP contribution >= 0.6 is 0 Å². The summed E-state index contributed by atoms with van der Waals surface area (Å²) < 4.78 is 10.6. The second-order valence-electron chi connectivity index (χ2n) is 6.29. The monoisotopic (exact) mass is 341 g/mol. The van der Waals surface area contributed by atoms with E-state index in [1.165, 1.54) is 5.56 Å². The van der Waals surface area contributed by atoms with Crippen LogP contribution in [0.5, 0.6) is 11.5 Å². The number of methoxy groups -OCH3 is 2. The summed E-state index contributed by atoms with van der Waals surface area (Å²) in [6.45, 7) is 0. The van der Waals surface area contributed by atoms with E-state index in [0.717, 1.165) is 19.3 Å². The first kappa shape index (κ1) is 19.0. The number of Topliss-reactive ketones (excluding diaryl/α,β-unsaturated/α-hetero) is 1. The fourth-order valence-corrected chi connectivity index (χ4v) is 2.95. The van der Waals surface area contributed by atoms with Crippen LogP contribution in [0.1, 0.15) is 28.8 Å². The lowest BCUT2D eigenvalue weighted by Crippen LogP contribution is -2.36. The number of aryl methyl sites for hydroxylation is 1. The molecule has 0 aromatic heterocycles. The summed E-state index contributed by atoms with van der Waals surface area (Å²) in [6, 6.07) is 15.6. The van der Waals surface area contributed by atoms with E-state index >= 15 is 0 Å². The molecule has 0 aliphatic carbocycles. The average molecular weight is 341 g/mol. The van der Waals surface area contributed by atoms with E-state index in [2.05, 4.69) is 12.1 Å². The fraction of sp³-hybridized carbons (Fsp3) is 0.381. The minimum Gasteiger partial charge on any atom is -0.493 e. The van der Waals surface area contributed by atoms with Crippen molar-refractivity contribution in [2.45, 2.75) is 25.3 Å². The van der Waals surface area contributed by atoms with Gasteiger partial charge in [0.15, 0.2) is 17.3 Å². The van der Waals surface area contributed by atoms with E-state index in [-0.39, 0.29) is 11.8 Å². The van der Waals surface area contributed by atoms with Crippen molar-refractivity contribution in [2.24, 2.45) is 0 Å². The Morgan fingerprint density at radius 1 is 1.00 bits per heavy atom. The lowest BCUT2D eigenvalue weighted by Gasteiger charge is -2.23. The molecule has 2 rings (SSSR count). The third-order valence-electron chi connectivity index (χ3n) is 4.38. The van der Waals surface area contributed by atoms with E-state index in [9.17, 15) is 4.79 Å². The van der Waals surface area contributed by atoms with Gasteiger partial charge < -0.3 is 9.47 Å². The number of nitrogens with zero attached hydrogens (tertiary/aromatic N) is 1. The second-order valence-corrected chi connectivity index (χ2v) is 6.29. The molecule has 0 N–H and O–H groups in total. The van der Waals surface area contributed by atoms with Gasteiger partial charge in [0.05, 0.1) is 20.3 Å². The van der Waals surface area contributed by atoms with E-state index in [1.807, 2.05) is 37.2 Å². The zero-order chi connectivity index (χ0) is 18.2. The Morgan fingerprint density at radius 2 is 1.68 bits per heavy atom. The van der Waals surface area contributed by atoms with Crippen molar-refractivity contribution < 1.29 is 14.3 Å². The Morgan fingerprint density at radius 3 is 2.28 bits per heavy atom. The molecular formula is C21H27NO3. The standard InChI is InChI=1S/C21H27NO3/c1-22(2)18(12-8-11-16-9-6-5-7-10-16)21(23)17-13-14-19(24-3)20(15-17)25-4/h5-7,9-10,13-15,18H,8,11-12H2,1-4H3. The molecular weight excluding hydrogens is 314 g/mol. The molecule has 0 aliphatic rings. The Balaban J connectivity index is 2.07. The number of likely N-dealkylation sites (N-methyl/N-ethyl adjacent to an activating group) is 1. The molecule has 2 aromatic carbocycles. The van der Waals surface area contributed by atoms with Crippen LogP contribution in [0.3, 0.4) is 0 Å². The first-order valence-corrected chi connectivity index (χ1v) is 8.53. The molecule has 25 heavy (non-hydrogen) atoms. The third-order valence-corrected chi connectivity index (χ3v) is 4.38. The van der Waals surface area contributed by atoms with Crippen molar-refractivity contribution in [3.63, 3.8) is 0 Å². The summed E-state index contributed by atoms with van der Waals surface area (Å²) >= 11 is 0. The molecule has 4 heteroatoms. The van der Waals surface area contributed by atoms with Gasteiger partial charge in [-0.1, -0.05) is 30.3 Å². The molecule has 2 aromatic rings. The van der Waals surface area contributed by atoms with Crippen LogP contribution in [0.15, 0.2) is 48.5 Å². The lowest BCUT2D eigenvalue weighted by molar-refractivity contribution is 0.0864. The number of carbonyl (C=O) groups is 1. The third kappa shape index (κ3) is 5.07. The van der Waals surface area contributed by atoms with Crippen LogP contribution in [0, 0.1) is 0 Å². The molecule has 0 amide bonds. The van der Waals surface area contributed by atoms with Crippen LogP contribution in [0.4, 0.5) is 0 Å². The second kappa shape index (κ2) is 9.23. The van der Waals surface area contributed by atoms with E-state index in [0.29, 0.717) is 17.1 Å². The number of hydrogen-bond donors (Lipinski definition) is 0. The summed E-state index contributed by atoms with van der Waals surface area (Å²) in [4.78, 5) is 14.9. The number of rotatable bonds is 9. The molecule has 0 heterocycles. The zero-order valence-electron chi connectivity index (χ0n) is 15.5. The SMILES string of the molecule is COc1ccc(C(=O)C(CCCc2ccccc2)N(C)C)cc1OC. The maximum atomic E-state index is 13.0. The van der Waals surface area contributed by atoms with Gasteiger partial charge in [0, 0.05) is 5.56 Å². The summed E-state index contributed by atoms with van der Waals surface area (Å²) in [5.41, 5.74) is 1.95. The molecule has 0 fully saturated rings. The number of hydrogen-bond acceptors (Lipinski definition) is 4. The van der Waals surface area contributed by atoms with Gasteiger partial charge in [-0.05, 0) is 57.1 Å². The van der Waals surface area contributed by atoms with Crippen LogP contribution in [0.2, 0.25) is 0 Å². The molecule has 0 spiro atoms. The van der Waals surface area contributed by atoms with Gasteiger partial charge in [0.25, 0.3) is 0 Å². The Hall–Kier alpha value is -2.33. The summed E-state index contributed by atoms with van der Waals surface area (Å²) in [5.74, 6) is 1.32. The van der Waals surface area contributed by atoms with Crippen molar-refractivity contribution in [3.8, 4) is 11.5 Å². The van der Waals surface area contributed by atoms with Gasteiger partial charge in [0.1, 0.15) is 0 Å². The normalized spacial score (nSPS) is 12.0. The fourth-order valence-electron chi connectivity index (χ4n) is 2.95. The first-order valence-electron chi connectivity index (χ1n) is 8.53. The van der Waals surface area contributed by atoms with Gasteiger partial charge in [-0.25, -0.2) is 0 Å². The van der Waals surface area contributed by atoms with Crippen molar-refractivity contribution >= 4 is 5.78 Å². The highest BCUT2D eigenvalue weighted by atomic mass is 16.5. The van der Waals surface area contributed by atoms with E-state index < -0.39 is 0 Å². The Labute approximate surface area is 150 Å². The largest absolute Gasteiger partial charge is 0.493 e. The van der Waals surface area contributed by atoms with Crippen molar-refractivity contribution in [3.05, 3.63) is 59.7 Å². The number of carbonyl (C=O) groups excluding carboxylic acids is 1. The van der Waals surface area contributed by atoms with E-state index in [1.54, 1.807) is 32.4 Å². The van der Waals surface area contributed by atoms with Gasteiger partial charge in [-0.2, -0.15) is 0 Å². The Kier molecular flexibility index (Phi) is 7.02. The van der Waals surface area contributed by atoms with E-state index in [4.69, 9.17) is 9.47 Å². The number of ketones is 1. The molecule has 134 valence electrons. The minimum absolute atomic E-state index is 0.110. The summed E-state index contributed by atoms with van der Waals surface area (Å²) in [7, 11) is 7.07. The predicted molar refractivity (Wildman–Crippen MR) is 101 cm³/mol. The molecule has 0 saturated carbocycles. The first-order chi connectivity index (χ1) is 12.1. The maximum absolute atomic E-state index is 13.0. The van der Waals surface area contributed by atoms with Crippen molar-refractivity contribution in [2.75, 3.05) is 28.3 Å². The molecule has 0 radical (unpaired) electrons. The van der Waals surface area contributed by atoms with Crippen LogP contribution in [0.25, 0.3) is 0 Å². The van der Waals surface area contributed by atoms with Gasteiger partial charge in [-0.3, -0.25) is 9.69 Å². The number of ether oxygens (including phenoxy) is 2.